The van der Waals surface area contributed by atoms with Crippen molar-refractivity contribution in [1.29, 1.82) is 0 Å². The van der Waals surface area contributed by atoms with E-state index in [1.54, 1.807) is 0 Å². The topological polar surface area (TPSA) is 38.8 Å². The number of carbonyl (C=O) groups is 1. The Morgan fingerprint density at radius 1 is 1.53 bits per heavy atom. The van der Waals surface area contributed by atoms with Crippen LogP contribution in [0.1, 0.15) is 20.3 Å². The second-order valence-electron chi connectivity index (χ2n) is 5.43. The van der Waals surface area contributed by atoms with E-state index >= 15 is 0 Å². The molecule has 2 saturated heterocycles. The molecule has 2 atom stereocenters. The molecule has 0 radical (unpaired) electrons. The molecular weight excluding hydrogens is 286 g/mol. The van der Waals surface area contributed by atoms with Gasteiger partial charge in [0.1, 0.15) is 0 Å². The largest absolute Gasteiger partial charge is 0.381 e. The van der Waals surface area contributed by atoms with E-state index in [0.717, 1.165) is 11.8 Å². The van der Waals surface area contributed by atoms with Crippen molar-refractivity contribution in [3.63, 3.8) is 0 Å². The van der Waals surface area contributed by atoms with Crippen LogP contribution in [0, 0.1) is 5.92 Å². The maximum Gasteiger partial charge on any atom is 0.228 e. The summed E-state index contributed by atoms with van der Waals surface area (Å²) in [5, 5.41) is 0.765. The Bertz CT molecular complexity index is 289. The smallest absolute Gasteiger partial charge is 0.228 e. The van der Waals surface area contributed by atoms with Gasteiger partial charge >= 0.3 is 0 Å². The van der Waals surface area contributed by atoms with Crippen molar-refractivity contribution >= 4 is 21.8 Å². The highest BCUT2D eigenvalue weighted by atomic mass is 79.9. The monoisotopic (exact) mass is 305 g/mol. The van der Waals surface area contributed by atoms with Gasteiger partial charge in [0.2, 0.25) is 5.91 Å². The van der Waals surface area contributed by atoms with Crippen molar-refractivity contribution in [2.45, 2.75) is 32.0 Å². The van der Waals surface area contributed by atoms with Crippen molar-refractivity contribution in [1.82, 2.24) is 4.90 Å². The summed E-state index contributed by atoms with van der Waals surface area (Å²) in [6, 6.07) is 0. The van der Waals surface area contributed by atoms with Gasteiger partial charge in [-0.25, -0.2) is 0 Å². The van der Waals surface area contributed by atoms with Crippen molar-refractivity contribution in [2.24, 2.45) is 5.92 Å². The fourth-order valence-electron chi connectivity index (χ4n) is 2.53. The van der Waals surface area contributed by atoms with Crippen LogP contribution >= 0.6 is 15.9 Å². The first-order chi connectivity index (χ1) is 8.02. The van der Waals surface area contributed by atoms with Crippen molar-refractivity contribution in [2.75, 3.05) is 31.6 Å². The lowest BCUT2D eigenvalue weighted by Crippen LogP contribution is -2.56. The summed E-state index contributed by atoms with van der Waals surface area (Å²) in [6.45, 7) is 6.72. The normalized spacial score (nSPS) is 32.8. The molecule has 2 unspecified atom stereocenters. The molecule has 98 valence electrons. The average Bonchev–Trinajstić information content (AvgIpc) is 2.79. The third-order valence-electron chi connectivity index (χ3n) is 3.24. The number of halogens is 1. The zero-order valence-corrected chi connectivity index (χ0v) is 12.0. The highest BCUT2D eigenvalue weighted by Gasteiger charge is 2.38. The Hall–Kier alpha value is -0.130. The van der Waals surface area contributed by atoms with Crippen LogP contribution in [0.15, 0.2) is 0 Å². The van der Waals surface area contributed by atoms with Crippen LogP contribution in [-0.4, -0.2) is 54.1 Å². The zero-order valence-electron chi connectivity index (χ0n) is 10.4. The van der Waals surface area contributed by atoms with Gasteiger partial charge in [-0.3, -0.25) is 4.79 Å². The SMILES string of the molecule is CC1(C)CN(C(=O)C2CCOC2)CC(CBr)O1. The molecule has 2 rings (SSSR count). The predicted octanol–water partition coefficient (Wildman–Crippen LogP) is 1.42. The molecular formula is C12H20BrNO3. The van der Waals surface area contributed by atoms with Gasteiger partial charge < -0.3 is 14.4 Å². The second-order valence-corrected chi connectivity index (χ2v) is 6.08. The Morgan fingerprint density at radius 3 is 2.88 bits per heavy atom. The molecule has 0 aromatic heterocycles. The van der Waals surface area contributed by atoms with Crippen LogP contribution in [0.5, 0.6) is 0 Å². The number of hydrogen-bond acceptors (Lipinski definition) is 3. The number of nitrogens with zero attached hydrogens (tertiary/aromatic N) is 1. The van der Waals surface area contributed by atoms with Crippen LogP contribution in [-0.2, 0) is 14.3 Å². The maximum absolute atomic E-state index is 12.3. The van der Waals surface area contributed by atoms with Gasteiger partial charge in [0, 0.05) is 25.0 Å². The molecule has 2 heterocycles. The fraction of sp³-hybridized carbons (Fsp3) is 0.917. The number of ether oxygens (including phenoxy) is 2. The molecule has 0 aromatic carbocycles. The minimum atomic E-state index is -0.258. The minimum Gasteiger partial charge on any atom is -0.381 e. The summed E-state index contributed by atoms with van der Waals surface area (Å²) in [4.78, 5) is 14.3. The van der Waals surface area contributed by atoms with Gasteiger partial charge in [0.05, 0.1) is 24.2 Å². The van der Waals surface area contributed by atoms with Gasteiger partial charge in [-0.15, -0.1) is 0 Å². The van der Waals surface area contributed by atoms with E-state index in [4.69, 9.17) is 9.47 Å². The molecule has 2 fully saturated rings. The van der Waals surface area contributed by atoms with Gasteiger partial charge in [-0.2, -0.15) is 0 Å². The molecule has 0 saturated carbocycles. The van der Waals surface area contributed by atoms with Crippen molar-refractivity contribution in [3.8, 4) is 0 Å². The molecule has 0 aliphatic carbocycles. The molecule has 0 bridgehead atoms. The summed E-state index contributed by atoms with van der Waals surface area (Å²) in [5.41, 5.74) is -0.258. The molecule has 1 amide bonds. The Morgan fingerprint density at radius 2 is 2.29 bits per heavy atom. The van der Waals surface area contributed by atoms with Crippen molar-refractivity contribution < 1.29 is 14.3 Å². The third kappa shape index (κ3) is 3.20. The van der Waals surface area contributed by atoms with E-state index in [1.807, 2.05) is 18.7 Å². The predicted molar refractivity (Wildman–Crippen MR) is 68.3 cm³/mol. The quantitative estimate of drug-likeness (QED) is 0.724. The maximum atomic E-state index is 12.3. The molecule has 4 nitrogen and oxygen atoms in total. The van der Waals surface area contributed by atoms with E-state index in [2.05, 4.69) is 15.9 Å². The number of hydrogen-bond donors (Lipinski definition) is 0. The number of amides is 1. The van der Waals surface area contributed by atoms with Crippen LogP contribution in [0.25, 0.3) is 0 Å². The summed E-state index contributed by atoms with van der Waals surface area (Å²) < 4.78 is 11.2. The van der Waals surface area contributed by atoms with E-state index in [1.165, 1.54) is 0 Å². The molecule has 0 N–H and O–H groups in total. The first kappa shape index (κ1) is 13.3. The first-order valence-electron chi connectivity index (χ1n) is 6.12. The van der Waals surface area contributed by atoms with Crippen molar-refractivity contribution in [3.05, 3.63) is 0 Å². The fourth-order valence-corrected chi connectivity index (χ4v) is 2.87. The van der Waals surface area contributed by atoms with E-state index < -0.39 is 0 Å². The van der Waals surface area contributed by atoms with Gasteiger partial charge in [0.15, 0.2) is 0 Å². The van der Waals surface area contributed by atoms with Crippen LogP contribution < -0.4 is 0 Å². The molecule has 2 aliphatic heterocycles. The molecule has 0 aromatic rings. The van der Waals surface area contributed by atoms with Crippen LogP contribution in [0.4, 0.5) is 0 Å². The lowest BCUT2D eigenvalue weighted by atomic mass is 10.0. The van der Waals surface area contributed by atoms with Gasteiger partial charge in [-0.1, -0.05) is 15.9 Å². The van der Waals surface area contributed by atoms with E-state index in [0.29, 0.717) is 26.3 Å². The summed E-state index contributed by atoms with van der Waals surface area (Å²) in [6.07, 6.45) is 0.945. The number of alkyl halides is 1. The molecule has 5 heteroatoms. The minimum absolute atomic E-state index is 0.0554. The molecule has 17 heavy (non-hydrogen) atoms. The molecule has 0 spiro atoms. The Kier molecular flexibility index (Phi) is 4.10. The zero-order chi connectivity index (χ0) is 12.5. The highest BCUT2D eigenvalue weighted by Crippen LogP contribution is 2.25. The lowest BCUT2D eigenvalue weighted by molar-refractivity contribution is -0.160. The molecule has 2 aliphatic rings. The van der Waals surface area contributed by atoms with Gasteiger partial charge in [0.25, 0.3) is 0 Å². The number of rotatable bonds is 2. The summed E-state index contributed by atoms with van der Waals surface area (Å²) in [5.74, 6) is 0.282. The highest BCUT2D eigenvalue weighted by molar-refractivity contribution is 9.09. The van der Waals surface area contributed by atoms with E-state index in [-0.39, 0.29) is 23.5 Å². The van der Waals surface area contributed by atoms with Gasteiger partial charge in [-0.05, 0) is 20.3 Å². The van der Waals surface area contributed by atoms with Crippen LogP contribution in [0.2, 0.25) is 0 Å². The third-order valence-corrected chi connectivity index (χ3v) is 3.97. The number of morpholine rings is 1. The summed E-state index contributed by atoms with van der Waals surface area (Å²) in [7, 11) is 0. The summed E-state index contributed by atoms with van der Waals surface area (Å²) >= 11 is 3.44. The lowest BCUT2D eigenvalue weighted by Gasteiger charge is -2.43. The number of carbonyl (C=O) groups excluding carboxylic acids is 1. The van der Waals surface area contributed by atoms with Crippen LogP contribution in [0.3, 0.4) is 0 Å². The standard InChI is InChI=1S/C12H20BrNO3/c1-12(2)8-14(6-10(5-13)17-12)11(15)9-3-4-16-7-9/h9-10H,3-8H2,1-2H3. The Balaban J connectivity index is 2.01. The first-order valence-corrected chi connectivity index (χ1v) is 7.24. The van der Waals surface area contributed by atoms with E-state index in [9.17, 15) is 4.79 Å². The average molecular weight is 306 g/mol. The Labute approximate surface area is 111 Å². The second kappa shape index (κ2) is 5.24.